The summed E-state index contributed by atoms with van der Waals surface area (Å²) < 4.78 is 5.96. The minimum Gasteiger partial charge on any atom is -0.371 e. The molecule has 2 saturated heterocycles. The molecule has 2 atom stereocenters. The zero-order chi connectivity index (χ0) is 17.1. The van der Waals surface area contributed by atoms with Gasteiger partial charge in [-0.15, -0.1) is 0 Å². The Bertz CT molecular complexity index is 588. The van der Waals surface area contributed by atoms with Gasteiger partial charge in [0.1, 0.15) is 6.61 Å². The topological polar surface area (TPSA) is 45.7 Å². The summed E-state index contributed by atoms with van der Waals surface area (Å²) in [4.78, 5) is 20.9. The average Bonchev–Trinajstić information content (AvgIpc) is 3.31. The summed E-state index contributed by atoms with van der Waals surface area (Å²) in [5.74, 6) is 0.889. The molecular formula is C20H29N3O2. The summed E-state index contributed by atoms with van der Waals surface area (Å²) in [6.07, 6.45) is 9.91. The van der Waals surface area contributed by atoms with E-state index >= 15 is 0 Å². The lowest BCUT2D eigenvalue weighted by atomic mass is 9.81. The minimum atomic E-state index is 0.175. The number of likely N-dealkylation sites (tertiary alicyclic amines) is 2. The summed E-state index contributed by atoms with van der Waals surface area (Å²) >= 11 is 0. The number of pyridine rings is 1. The molecule has 5 heteroatoms. The van der Waals surface area contributed by atoms with Crippen LogP contribution in [0.4, 0.5) is 0 Å². The van der Waals surface area contributed by atoms with E-state index in [0.29, 0.717) is 5.92 Å². The van der Waals surface area contributed by atoms with Crippen LogP contribution in [0.3, 0.4) is 0 Å². The molecule has 5 nitrogen and oxygen atoms in total. The Hall–Kier alpha value is -1.46. The van der Waals surface area contributed by atoms with Crippen LogP contribution < -0.4 is 0 Å². The van der Waals surface area contributed by atoms with E-state index in [-0.39, 0.29) is 17.9 Å². The standard InChI is InChI=1S/C20H29N3O2/c24-19(23-9-1-2-10-23)14-25-16-20-7-3-6-18(20)13-22(15-20)12-17-5-4-8-21-11-17/h4-5,8,11,18H,1-3,6-7,9-10,12-16H2/t18-,20+/m1/s1. The quantitative estimate of drug-likeness (QED) is 0.795. The highest BCUT2D eigenvalue weighted by Crippen LogP contribution is 2.49. The third-order valence-electron chi connectivity index (χ3n) is 6.31. The number of hydrogen-bond acceptors (Lipinski definition) is 4. The van der Waals surface area contributed by atoms with Gasteiger partial charge < -0.3 is 9.64 Å². The van der Waals surface area contributed by atoms with E-state index in [1.54, 1.807) is 0 Å². The number of fused-ring (bicyclic) bond motifs is 1. The number of hydrogen-bond donors (Lipinski definition) is 0. The Morgan fingerprint density at radius 3 is 3.00 bits per heavy atom. The summed E-state index contributed by atoms with van der Waals surface area (Å²) in [5.41, 5.74) is 1.54. The van der Waals surface area contributed by atoms with Gasteiger partial charge >= 0.3 is 0 Å². The smallest absolute Gasteiger partial charge is 0.248 e. The van der Waals surface area contributed by atoms with Gasteiger partial charge in [-0.05, 0) is 43.2 Å². The van der Waals surface area contributed by atoms with E-state index in [4.69, 9.17) is 4.74 Å². The fraction of sp³-hybridized carbons (Fsp3) is 0.700. The molecule has 136 valence electrons. The number of carbonyl (C=O) groups excluding carboxylic acids is 1. The Morgan fingerprint density at radius 2 is 2.20 bits per heavy atom. The molecule has 1 aromatic heterocycles. The van der Waals surface area contributed by atoms with Crippen molar-refractivity contribution in [2.45, 2.75) is 38.6 Å². The maximum Gasteiger partial charge on any atom is 0.248 e. The van der Waals surface area contributed by atoms with Crippen LogP contribution in [0.15, 0.2) is 24.5 Å². The van der Waals surface area contributed by atoms with E-state index in [1.807, 2.05) is 23.4 Å². The van der Waals surface area contributed by atoms with Crippen molar-refractivity contribution >= 4 is 5.91 Å². The van der Waals surface area contributed by atoms with Gasteiger partial charge in [0, 0.05) is 50.5 Å². The zero-order valence-electron chi connectivity index (χ0n) is 15.0. The van der Waals surface area contributed by atoms with Crippen molar-refractivity contribution < 1.29 is 9.53 Å². The Balaban J connectivity index is 1.31. The molecule has 4 rings (SSSR count). The lowest BCUT2D eigenvalue weighted by molar-refractivity contribution is -0.136. The predicted octanol–water partition coefficient (Wildman–Crippen LogP) is 2.32. The van der Waals surface area contributed by atoms with Gasteiger partial charge in [0.2, 0.25) is 5.91 Å². The molecule has 3 fully saturated rings. The van der Waals surface area contributed by atoms with Crippen molar-refractivity contribution in [2.75, 3.05) is 39.4 Å². The van der Waals surface area contributed by atoms with E-state index in [9.17, 15) is 4.79 Å². The van der Waals surface area contributed by atoms with Crippen LogP contribution in [0.5, 0.6) is 0 Å². The first kappa shape index (κ1) is 17.0. The van der Waals surface area contributed by atoms with Crippen molar-refractivity contribution in [3.8, 4) is 0 Å². The number of rotatable bonds is 6. The lowest BCUT2D eigenvalue weighted by Gasteiger charge is -2.29. The van der Waals surface area contributed by atoms with Gasteiger partial charge in [-0.1, -0.05) is 12.5 Å². The first-order chi connectivity index (χ1) is 12.3. The Morgan fingerprint density at radius 1 is 1.32 bits per heavy atom. The first-order valence-corrected chi connectivity index (χ1v) is 9.72. The van der Waals surface area contributed by atoms with Gasteiger partial charge in [-0.2, -0.15) is 0 Å². The Kier molecular flexibility index (Phi) is 5.04. The molecule has 3 heterocycles. The van der Waals surface area contributed by atoms with Gasteiger partial charge in [-0.3, -0.25) is 14.7 Å². The molecule has 0 N–H and O–H groups in total. The fourth-order valence-corrected chi connectivity index (χ4v) is 5.03. The largest absolute Gasteiger partial charge is 0.371 e. The normalized spacial score (nSPS) is 29.3. The molecule has 0 spiro atoms. The molecular weight excluding hydrogens is 314 g/mol. The molecule has 1 aromatic rings. The van der Waals surface area contributed by atoms with E-state index in [1.165, 1.54) is 24.8 Å². The number of ether oxygens (including phenoxy) is 1. The molecule has 0 radical (unpaired) electrons. The van der Waals surface area contributed by atoms with Gasteiger partial charge in [0.15, 0.2) is 0 Å². The highest BCUT2D eigenvalue weighted by Gasteiger charge is 2.49. The highest BCUT2D eigenvalue weighted by molar-refractivity contribution is 5.77. The molecule has 1 saturated carbocycles. The molecule has 3 aliphatic rings. The lowest BCUT2D eigenvalue weighted by Crippen LogP contribution is -2.36. The molecule has 2 aliphatic heterocycles. The molecule has 25 heavy (non-hydrogen) atoms. The maximum atomic E-state index is 12.2. The third kappa shape index (κ3) is 3.72. The van der Waals surface area contributed by atoms with Gasteiger partial charge in [-0.25, -0.2) is 0 Å². The number of amides is 1. The van der Waals surface area contributed by atoms with Crippen molar-refractivity contribution in [3.05, 3.63) is 30.1 Å². The molecule has 0 aromatic carbocycles. The van der Waals surface area contributed by atoms with Crippen LogP contribution in [0.2, 0.25) is 0 Å². The number of carbonyl (C=O) groups is 1. The zero-order valence-corrected chi connectivity index (χ0v) is 15.0. The maximum absolute atomic E-state index is 12.2. The van der Waals surface area contributed by atoms with Gasteiger partial charge in [0.05, 0.1) is 6.61 Å². The summed E-state index contributed by atoms with van der Waals surface area (Å²) in [7, 11) is 0. The monoisotopic (exact) mass is 343 g/mol. The van der Waals surface area contributed by atoms with Crippen molar-refractivity contribution in [3.63, 3.8) is 0 Å². The van der Waals surface area contributed by atoms with Crippen LogP contribution in [0, 0.1) is 11.3 Å². The SMILES string of the molecule is O=C(COC[C@@]12CCC[C@@H]1CN(Cc1cccnc1)C2)N1CCCC1. The predicted molar refractivity (Wildman–Crippen MR) is 95.9 cm³/mol. The molecule has 1 aliphatic carbocycles. The van der Waals surface area contributed by atoms with Crippen LogP contribution in [-0.4, -0.2) is 60.1 Å². The van der Waals surface area contributed by atoms with Crippen molar-refractivity contribution in [2.24, 2.45) is 11.3 Å². The highest BCUT2D eigenvalue weighted by atomic mass is 16.5. The average molecular weight is 343 g/mol. The second-order valence-electron chi connectivity index (χ2n) is 8.06. The van der Waals surface area contributed by atoms with E-state index in [2.05, 4.69) is 16.0 Å². The van der Waals surface area contributed by atoms with Crippen molar-refractivity contribution in [1.82, 2.24) is 14.8 Å². The number of aromatic nitrogens is 1. The van der Waals surface area contributed by atoms with Crippen molar-refractivity contribution in [1.29, 1.82) is 0 Å². The van der Waals surface area contributed by atoms with Crippen LogP contribution in [0.1, 0.15) is 37.7 Å². The van der Waals surface area contributed by atoms with Crippen LogP contribution in [-0.2, 0) is 16.1 Å². The summed E-state index contributed by atoms with van der Waals surface area (Å²) in [5, 5.41) is 0. The van der Waals surface area contributed by atoms with Gasteiger partial charge in [0.25, 0.3) is 0 Å². The van der Waals surface area contributed by atoms with Crippen LogP contribution in [0.25, 0.3) is 0 Å². The summed E-state index contributed by atoms with van der Waals surface area (Å²) in [6, 6.07) is 4.16. The second kappa shape index (κ2) is 7.42. The Labute approximate surface area is 150 Å². The number of nitrogens with zero attached hydrogens (tertiary/aromatic N) is 3. The third-order valence-corrected chi connectivity index (χ3v) is 6.31. The second-order valence-corrected chi connectivity index (χ2v) is 8.06. The molecule has 1 amide bonds. The fourth-order valence-electron chi connectivity index (χ4n) is 5.03. The molecule has 0 bridgehead atoms. The summed E-state index contributed by atoms with van der Waals surface area (Å²) in [6.45, 7) is 6.03. The van der Waals surface area contributed by atoms with E-state index in [0.717, 1.165) is 52.2 Å². The minimum absolute atomic E-state index is 0.175. The van der Waals surface area contributed by atoms with Crippen LogP contribution >= 0.6 is 0 Å². The molecule has 0 unspecified atom stereocenters. The first-order valence-electron chi connectivity index (χ1n) is 9.72. The van der Waals surface area contributed by atoms with E-state index < -0.39 is 0 Å².